The Kier molecular flexibility index (Phi) is 5.08. The highest BCUT2D eigenvalue weighted by Crippen LogP contribution is 2.32. The fourth-order valence-corrected chi connectivity index (χ4v) is 4.48. The fraction of sp³-hybridized carbons (Fsp3) is 0.280. The maximum atomic E-state index is 12.0. The number of nitrogen functional groups attached to an aromatic ring is 1. The molecule has 1 atom stereocenters. The van der Waals surface area contributed by atoms with Gasteiger partial charge in [0.1, 0.15) is 5.82 Å². The molecule has 1 aromatic heterocycles. The van der Waals surface area contributed by atoms with E-state index < -0.39 is 0 Å². The molecule has 158 valence electrons. The first-order valence-corrected chi connectivity index (χ1v) is 10.7. The van der Waals surface area contributed by atoms with Gasteiger partial charge in [-0.25, -0.2) is 4.98 Å². The summed E-state index contributed by atoms with van der Waals surface area (Å²) in [7, 11) is 1.78. The van der Waals surface area contributed by atoms with Gasteiger partial charge in [0.05, 0.1) is 6.10 Å². The van der Waals surface area contributed by atoms with Crippen LogP contribution in [0.4, 0.5) is 11.5 Å². The highest BCUT2D eigenvalue weighted by atomic mass is 16.5. The summed E-state index contributed by atoms with van der Waals surface area (Å²) in [6, 6.07) is 16.5. The number of nitrogens with one attached hydrogen (secondary N) is 1. The average Bonchev–Trinajstić information content (AvgIpc) is 3.29. The zero-order chi connectivity index (χ0) is 21.4. The number of nitrogens with two attached hydrogens (primary N) is 1. The number of ether oxygens (including phenoxy) is 1. The average molecular weight is 415 g/mol. The van der Waals surface area contributed by atoms with E-state index in [4.69, 9.17) is 10.5 Å². The van der Waals surface area contributed by atoms with E-state index in [0.717, 1.165) is 59.3 Å². The molecule has 5 rings (SSSR count). The van der Waals surface area contributed by atoms with Crippen LogP contribution >= 0.6 is 0 Å². The Bertz CT molecular complexity index is 1130. The quantitative estimate of drug-likeness (QED) is 0.683. The van der Waals surface area contributed by atoms with Gasteiger partial charge in [-0.05, 0) is 53.8 Å². The summed E-state index contributed by atoms with van der Waals surface area (Å²) in [5, 5.41) is 2.88. The van der Waals surface area contributed by atoms with Crippen molar-refractivity contribution in [1.82, 2.24) is 10.3 Å². The minimum atomic E-state index is -0.0115. The molecule has 0 unspecified atom stereocenters. The molecular weight excluding hydrogens is 388 g/mol. The minimum absolute atomic E-state index is 0.0115. The Morgan fingerprint density at radius 1 is 1.06 bits per heavy atom. The summed E-state index contributed by atoms with van der Waals surface area (Å²) in [4.78, 5) is 18.8. The smallest absolute Gasteiger partial charge is 0.251 e. The molecule has 0 aliphatic carbocycles. The number of hydrogen-bond acceptors (Lipinski definition) is 5. The number of carbonyl (C=O) groups excluding carboxylic acids is 1. The largest absolute Gasteiger partial charge is 0.383 e. The van der Waals surface area contributed by atoms with Crippen LogP contribution in [0.25, 0.3) is 22.3 Å². The molecule has 6 nitrogen and oxygen atoms in total. The molecule has 3 N–H and O–H groups in total. The van der Waals surface area contributed by atoms with Crippen molar-refractivity contribution in [1.29, 1.82) is 0 Å². The van der Waals surface area contributed by atoms with Crippen molar-refractivity contribution in [3.05, 3.63) is 65.9 Å². The van der Waals surface area contributed by atoms with E-state index in [-0.39, 0.29) is 5.91 Å². The van der Waals surface area contributed by atoms with Crippen molar-refractivity contribution in [2.24, 2.45) is 0 Å². The van der Waals surface area contributed by atoms with E-state index in [2.05, 4.69) is 51.6 Å². The van der Waals surface area contributed by atoms with E-state index in [1.54, 1.807) is 7.11 Å². The lowest BCUT2D eigenvalue weighted by atomic mass is 9.94. The summed E-state index contributed by atoms with van der Waals surface area (Å²) < 4.78 is 5.48. The van der Waals surface area contributed by atoms with E-state index in [0.29, 0.717) is 18.5 Å². The third-order valence-corrected chi connectivity index (χ3v) is 6.30. The van der Waals surface area contributed by atoms with E-state index in [1.807, 2.05) is 18.3 Å². The van der Waals surface area contributed by atoms with Gasteiger partial charge in [-0.15, -0.1) is 0 Å². The number of aromatic nitrogens is 1. The number of fused-ring (bicyclic) bond motifs is 1. The van der Waals surface area contributed by atoms with Crippen molar-refractivity contribution < 1.29 is 9.53 Å². The van der Waals surface area contributed by atoms with Crippen molar-refractivity contribution in [3.63, 3.8) is 0 Å². The van der Waals surface area contributed by atoms with Gasteiger partial charge in [0.2, 0.25) is 0 Å². The second kappa shape index (κ2) is 8.04. The first-order valence-electron chi connectivity index (χ1n) is 10.7. The molecule has 1 fully saturated rings. The Labute approximate surface area is 182 Å². The van der Waals surface area contributed by atoms with Gasteiger partial charge >= 0.3 is 0 Å². The van der Waals surface area contributed by atoms with Crippen LogP contribution in [0.3, 0.4) is 0 Å². The Balaban J connectivity index is 1.43. The maximum absolute atomic E-state index is 12.0. The molecular formula is C25H26N4O2. The highest BCUT2D eigenvalue weighted by molar-refractivity contribution is 5.97. The second-order valence-electron chi connectivity index (χ2n) is 8.17. The van der Waals surface area contributed by atoms with Crippen molar-refractivity contribution in [3.8, 4) is 22.3 Å². The van der Waals surface area contributed by atoms with Gasteiger partial charge in [-0.1, -0.05) is 24.3 Å². The predicted octanol–water partition coefficient (Wildman–Crippen LogP) is 3.51. The van der Waals surface area contributed by atoms with E-state index in [9.17, 15) is 4.79 Å². The third kappa shape index (κ3) is 3.75. The van der Waals surface area contributed by atoms with Gasteiger partial charge in [0.25, 0.3) is 5.91 Å². The molecule has 0 radical (unpaired) electrons. The van der Waals surface area contributed by atoms with Crippen LogP contribution in [0.1, 0.15) is 22.3 Å². The number of rotatable bonds is 4. The molecule has 2 aliphatic heterocycles. The molecule has 6 heteroatoms. The Morgan fingerprint density at radius 3 is 2.65 bits per heavy atom. The summed E-state index contributed by atoms with van der Waals surface area (Å²) in [6.07, 6.45) is 4.01. The van der Waals surface area contributed by atoms with Gasteiger partial charge < -0.3 is 20.7 Å². The van der Waals surface area contributed by atoms with Gasteiger partial charge in [-0.2, -0.15) is 0 Å². The number of nitrogens with zero attached hydrogens (tertiary/aromatic N) is 2. The molecule has 0 bridgehead atoms. The Hall–Kier alpha value is -3.38. The SMILES string of the molecule is CO[C@H]1CCN(c2ccc(-c3cnc(N)c(-c4ccc5c(c4)CCNC5=O)c3)cc2)C1. The number of anilines is 2. The molecule has 1 saturated heterocycles. The molecule has 0 spiro atoms. The first kappa shape index (κ1) is 19.6. The molecule has 0 saturated carbocycles. The van der Waals surface area contributed by atoms with Crippen molar-refractivity contribution in [2.45, 2.75) is 18.9 Å². The maximum Gasteiger partial charge on any atom is 0.251 e. The predicted molar refractivity (Wildman–Crippen MR) is 123 cm³/mol. The highest BCUT2D eigenvalue weighted by Gasteiger charge is 2.22. The lowest BCUT2D eigenvalue weighted by Crippen LogP contribution is -2.31. The van der Waals surface area contributed by atoms with Crippen LogP contribution in [0.5, 0.6) is 0 Å². The minimum Gasteiger partial charge on any atom is -0.383 e. The summed E-state index contributed by atoms with van der Waals surface area (Å²) in [5.41, 5.74) is 13.2. The van der Waals surface area contributed by atoms with Crippen LogP contribution in [0.2, 0.25) is 0 Å². The van der Waals surface area contributed by atoms with E-state index >= 15 is 0 Å². The lowest BCUT2D eigenvalue weighted by Gasteiger charge is -2.19. The number of carbonyl (C=O) groups is 1. The first-order chi connectivity index (χ1) is 15.1. The molecule has 31 heavy (non-hydrogen) atoms. The van der Waals surface area contributed by atoms with Crippen LogP contribution < -0.4 is 16.0 Å². The van der Waals surface area contributed by atoms with Gasteiger partial charge in [0.15, 0.2) is 0 Å². The monoisotopic (exact) mass is 414 g/mol. The molecule has 2 aliphatic rings. The van der Waals surface area contributed by atoms with Crippen molar-refractivity contribution >= 4 is 17.4 Å². The normalized spacial score (nSPS) is 18.0. The number of amides is 1. The van der Waals surface area contributed by atoms with Gasteiger partial charge in [-0.3, -0.25) is 4.79 Å². The summed E-state index contributed by atoms with van der Waals surface area (Å²) in [6.45, 7) is 2.61. The molecule has 2 aromatic carbocycles. The van der Waals surface area contributed by atoms with Crippen LogP contribution in [-0.4, -0.2) is 43.7 Å². The fourth-order valence-electron chi connectivity index (χ4n) is 4.48. The second-order valence-corrected chi connectivity index (χ2v) is 8.17. The van der Waals surface area contributed by atoms with Crippen LogP contribution in [0.15, 0.2) is 54.7 Å². The van der Waals surface area contributed by atoms with Crippen LogP contribution in [0, 0.1) is 0 Å². The topological polar surface area (TPSA) is 80.5 Å². The van der Waals surface area contributed by atoms with E-state index in [1.165, 1.54) is 5.69 Å². The zero-order valence-corrected chi connectivity index (χ0v) is 17.6. The number of pyridine rings is 1. The van der Waals surface area contributed by atoms with Gasteiger partial charge in [0, 0.05) is 55.3 Å². The summed E-state index contributed by atoms with van der Waals surface area (Å²) >= 11 is 0. The number of benzene rings is 2. The summed E-state index contributed by atoms with van der Waals surface area (Å²) in [5.74, 6) is 0.478. The number of hydrogen-bond donors (Lipinski definition) is 2. The van der Waals surface area contributed by atoms with Crippen molar-refractivity contribution in [2.75, 3.05) is 37.4 Å². The number of methoxy groups -OCH3 is 1. The molecule has 3 aromatic rings. The lowest BCUT2D eigenvalue weighted by molar-refractivity contribution is 0.0946. The molecule has 3 heterocycles. The van der Waals surface area contributed by atoms with Crippen LogP contribution in [-0.2, 0) is 11.2 Å². The standard InChI is InChI=1S/C25H26N4O2/c1-31-21-9-11-29(15-21)20-5-2-16(3-6-20)19-13-23(24(26)28-14-19)17-4-7-22-18(12-17)8-10-27-25(22)30/h2-7,12-14,21H,8-11,15H2,1H3,(H2,26,28)(H,27,30)/t21-/m0/s1. The molecule has 1 amide bonds. The third-order valence-electron chi connectivity index (χ3n) is 6.30. The Morgan fingerprint density at radius 2 is 1.87 bits per heavy atom. The zero-order valence-electron chi connectivity index (χ0n) is 17.6.